The number of rotatable bonds is 7. The molecule has 2 rings (SSSR count). The summed E-state index contributed by atoms with van der Waals surface area (Å²) in [4.78, 5) is 4.38. The third kappa shape index (κ3) is 4.14. The van der Waals surface area contributed by atoms with Gasteiger partial charge in [-0.15, -0.1) is 11.3 Å². The van der Waals surface area contributed by atoms with Gasteiger partial charge in [-0.05, 0) is 12.1 Å². The minimum atomic E-state index is -2.83. The Hall–Kier alpha value is -1.73. The number of ether oxygens (including phenoxy) is 2. The predicted octanol–water partition coefficient (Wildman–Crippen LogP) is 3.47. The Kier molecular flexibility index (Phi) is 5.25. The molecule has 0 aliphatic heterocycles. The smallest absolute Gasteiger partial charge is 0.387 e. The van der Waals surface area contributed by atoms with Crippen LogP contribution >= 0.6 is 11.3 Å². The maximum absolute atomic E-state index is 12.2. The first kappa shape index (κ1) is 14.7. The van der Waals surface area contributed by atoms with Crippen LogP contribution in [0, 0.1) is 0 Å². The van der Waals surface area contributed by atoms with E-state index < -0.39 is 6.61 Å². The molecule has 0 saturated heterocycles. The lowest BCUT2D eigenvalue weighted by Gasteiger charge is -2.05. The second kappa shape index (κ2) is 7.16. The highest BCUT2D eigenvalue weighted by molar-refractivity contribution is 7.14. The van der Waals surface area contributed by atoms with Crippen molar-refractivity contribution in [3.05, 3.63) is 29.6 Å². The zero-order valence-corrected chi connectivity index (χ0v) is 11.6. The first-order valence-corrected chi connectivity index (χ1v) is 6.80. The molecule has 0 saturated carbocycles. The summed E-state index contributed by atoms with van der Waals surface area (Å²) in [6.45, 7) is -1.57. The molecule has 0 aliphatic carbocycles. The van der Waals surface area contributed by atoms with E-state index in [2.05, 4.69) is 15.0 Å². The number of halogens is 2. The van der Waals surface area contributed by atoms with Gasteiger partial charge in [-0.2, -0.15) is 8.78 Å². The topological polar surface area (TPSA) is 43.4 Å². The molecule has 0 aliphatic rings. The minimum Gasteiger partial charge on any atom is -0.435 e. The van der Waals surface area contributed by atoms with E-state index in [0.717, 1.165) is 16.4 Å². The third-order valence-corrected chi connectivity index (χ3v) is 3.24. The van der Waals surface area contributed by atoms with E-state index in [1.165, 1.54) is 17.4 Å². The Morgan fingerprint density at radius 2 is 2.25 bits per heavy atom. The van der Waals surface area contributed by atoms with Crippen molar-refractivity contribution in [1.29, 1.82) is 0 Å². The van der Waals surface area contributed by atoms with E-state index in [-0.39, 0.29) is 5.75 Å². The van der Waals surface area contributed by atoms with E-state index in [0.29, 0.717) is 13.2 Å². The summed E-state index contributed by atoms with van der Waals surface area (Å²) in [6.07, 6.45) is 0. The summed E-state index contributed by atoms with van der Waals surface area (Å²) < 4.78 is 33.7. The first-order valence-electron chi connectivity index (χ1n) is 5.92. The van der Waals surface area contributed by atoms with Gasteiger partial charge < -0.3 is 14.8 Å². The quantitative estimate of drug-likeness (QED) is 0.795. The molecule has 0 bridgehead atoms. The van der Waals surface area contributed by atoms with Crippen LogP contribution in [0.2, 0.25) is 0 Å². The number of thiazole rings is 1. The van der Waals surface area contributed by atoms with Gasteiger partial charge in [0.2, 0.25) is 0 Å². The fraction of sp³-hybridized carbons (Fsp3) is 0.308. The van der Waals surface area contributed by atoms with Crippen molar-refractivity contribution in [1.82, 2.24) is 4.98 Å². The van der Waals surface area contributed by atoms with Crippen LogP contribution in [0.15, 0.2) is 29.6 Å². The molecule has 20 heavy (non-hydrogen) atoms. The molecule has 0 unspecified atom stereocenters. The van der Waals surface area contributed by atoms with Crippen LogP contribution in [-0.2, 0) is 4.74 Å². The maximum Gasteiger partial charge on any atom is 0.387 e. The van der Waals surface area contributed by atoms with Gasteiger partial charge in [-0.1, -0.05) is 12.1 Å². The molecule has 0 fully saturated rings. The van der Waals surface area contributed by atoms with Crippen LogP contribution in [0.5, 0.6) is 5.75 Å². The molecule has 1 aromatic carbocycles. The predicted molar refractivity (Wildman–Crippen MR) is 74.5 cm³/mol. The molecule has 1 heterocycles. The fourth-order valence-electron chi connectivity index (χ4n) is 1.58. The third-order valence-electron chi connectivity index (χ3n) is 2.44. The highest BCUT2D eigenvalue weighted by Gasteiger charge is 2.08. The zero-order chi connectivity index (χ0) is 14.4. The minimum absolute atomic E-state index is 0.124. The summed E-state index contributed by atoms with van der Waals surface area (Å²) in [5, 5.41) is 5.73. The van der Waals surface area contributed by atoms with Crippen molar-refractivity contribution in [2.24, 2.45) is 0 Å². The Morgan fingerprint density at radius 1 is 1.40 bits per heavy atom. The SMILES string of the molecule is COCCNc1nc(-c2cccc(OC(F)F)c2)cs1. The Bertz CT molecular complexity index is 549. The van der Waals surface area contributed by atoms with E-state index in [4.69, 9.17) is 4.74 Å². The number of aromatic nitrogens is 1. The molecule has 7 heteroatoms. The van der Waals surface area contributed by atoms with Crippen LogP contribution in [0.25, 0.3) is 11.3 Å². The van der Waals surface area contributed by atoms with Gasteiger partial charge in [0, 0.05) is 24.6 Å². The van der Waals surface area contributed by atoms with Crippen molar-refractivity contribution in [3.63, 3.8) is 0 Å². The number of anilines is 1. The van der Waals surface area contributed by atoms with Gasteiger partial charge in [-0.3, -0.25) is 0 Å². The van der Waals surface area contributed by atoms with Gasteiger partial charge in [0.1, 0.15) is 5.75 Å². The van der Waals surface area contributed by atoms with Crippen LogP contribution < -0.4 is 10.1 Å². The lowest BCUT2D eigenvalue weighted by molar-refractivity contribution is -0.0498. The van der Waals surface area contributed by atoms with Crippen LogP contribution in [0.4, 0.5) is 13.9 Å². The van der Waals surface area contributed by atoms with Gasteiger partial charge in [-0.25, -0.2) is 4.98 Å². The number of nitrogens with zero attached hydrogens (tertiary/aromatic N) is 1. The number of benzene rings is 1. The van der Waals surface area contributed by atoms with E-state index in [1.807, 2.05) is 5.38 Å². The molecule has 0 spiro atoms. The Balaban J connectivity index is 2.07. The molecular formula is C13H14F2N2O2S. The Morgan fingerprint density at radius 3 is 3.00 bits per heavy atom. The van der Waals surface area contributed by atoms with Gasteiger partial charge >= 0.3 is 6.61 Å². The standard InChI is InChI=1S/C13H14F2N2O2S/c1-18-6-5-16-13-17-11(8-20-13)9-3-2-4-10(7-9)19-12(14)15/h2-4,7-8,12H,5-6H2,1H3,(H,16,17). The first-order chi connectivity index (χ1) is 9.69. The van der Waals surface area contributed by atoms with Crippen molar-refractivity contribution in [3.8, 4) is 17.0 Å². The zero-order valence-electron chi connectivity index (χ0n) is 10.8. The normalized spacial score (nSPS) is 10.8. The average Bonchev–Trinajstić information content (AvgIpc) is 2.87. The largest absolute Gasteiger partial charge is 0.435 e. The van der Waals surface area contributed by atoms with Crippen LogP contribution in [0.3, 0.4) is 0 Å². The number of hydrogen-bond donors (Lipinski definition) is 1. The summed E-state index contributed by atoms with van der Waals surface area (Å²) in [6, 6.07) is 6.48. The number of alkyl halides is 2. The van der Waals surface area contributed by atoms with Gasteiger partial charge in [0.15, 0.2) is 5.13 Å². The van der Waals surface area contributed by atoms with Crippen molar-refractivity contribution >= 4 is 16.5 Å². The molecule has 0 radical (unpaired) electrons. The van der Waals surface area contributed by atoms with Crippen molar-refractivity contribution in [2.75, 3.05) is 25.6 Å². The van der Waals surface area contributed by atoms with Crippen molar-refractivity contribution < 1.29 is 18.3 Å². The molecule has 108 valence electrons. The highest BCUT2D eigenvalue weighted by atomic mass is 32.1. The van der Waals surface area contributed by atoms with E-state index >= 15 is 0 Å². The number of hydrogen-bond acceptors (Lipinski definition) is 5. The molecule has 0 atom stereocenters. The molecule has 1 aromatic heterocycles. The van der Waals surface area contributed by atoms with Gasteiger partial charge in [0.25, 0.3) is 0 Å². The second-order valence-electron chi connectivity index (χ2n) is 3.86. The maximum atomic E-state index is 12.2. The van der Waals surface area contributed by atoms with Crippen LogP contribution in [-0.4, -0.2) is 31.9 Å². The second-order valence-corrected chi connectivity index (χ2v) is 4.72. The number of nitrogens with one attached hydrogen (secondary N) is 1. The van der Waals surface area contributed by atoms with Crippen molar-refractivity contribution in [2.45, 2.75) is 6.61 Å². The lowest BCUT2D eigenvalue weighted by Crippen LogP contribution is -2.07. The fourth-order valence-corrected chi connectivity index (χ4v) is 2.33. The molecule has 2 aromatic rings. The average molecular weight is 300 g/mol. The summed E-state index contributed by atoms with van der Waals surface area (Å²) >= 11 is 1.45. The molecule has 1 N–H and O–H groups in total. The summed E-state index contributed by atoms with van der Waals surface area (Å²) in [7, 11) is 1.63. The van der Waals surface area contributed by atoms with E-state index in [9.17, 15) is 8.78 Å². The van der Waals surface area contributed by atoms with E-state index in [1.54, 1.807) is 25.3 Å². The molecular weight excluding hydrogens is 286 g/mol. The summed E-state index contributed by atoms with van der Waals surface area (Å²) in [5.74, 6) is 0.124. The number of methoxy groups -OCH3 is 1. The Labute approximate surface area is 119 Å². The van der Waals surface area contributed by atoms with Crippen LogP contribution in [0.1, 0.15) is 0 Å². The lowest BCUT2D eigenvalue weighted by atomic mass is 10.2. The molecule has 4 nitrogen and oxygen atoms in total. The summed E-state index contributed by atoms with van der Waals surface area (Å²) in [5.41, 5.74) is 1.45. The molecule has 0 amide bonds. The highest BCUT2D eigenvalue weighted by Crippen LogP contribution is 2.27. The van der Waals surface area contributed by atoms with Gasteiger partial charge in [0.05, 0.1) is 12.3 Å². The monoisotopic (exact) mass is 300 g/mol.